The third-order valence-electron chi connectivity index (χ3n) is 2.84. The van der Waals surface area contributed by atoms with Gasteiger partial charge in [-0.2, -0.15) is 0 Å². The van der Waals surface area contributed by atoms with Crippen molar-refractivity contribution < 1.29 is 4.79 Å². The van der Waals surface area contributed by atoms with E-state index in [1.807, 2.05) is 13.0 Å². The number of nitrogens with one attached hydrogen (secondary N) is 1. The van der Waals surface area contributed by atoms with Gasteiger partial charge in [-0.05, 0) is 42.3 Å². The van der Waals surface area contributed by atoms with Crippen LogP contribution in [0.2, 0.25) is 5.02 Å². The van der Waals surface area contributed by atoms with Crippen molar-refractivity contribution in [3.8, 4) is 0 Å². The van der Waals surface area contributed by atoms with Crippen LogP contribution >= 0.6 is 11.6 Å². The Morgan fingerprint density at radius 2 is 2.21 bits per heavy atom. The van der Waals surface area contributed by atoms with Gasteiger partial charge in [0, 0.05) is 24.5 Å². The fourth-order valence-electron chi connectivity index (χ4n) is 1.65. The lowest BCUT2D eigenvalue weighted by Crippen LogP contribution is -2.23. The second-order valence-corrected chi connectivity index (χ2v) is 4.63. The molecule has 1 aromatic carbocycles. The van der Waals surface area contributed by atoms with Crippen molar-refractivity contribution in [2.24, 2.45) is 0 Å². The van der Waals surface area contributed by atoms with E-state index < -0.39 is 0 Å². The summed E-state index contributed by atoms with van der Waals surface area (Å²) in [6, 6.07) is 6.71. The molecule has 0 aliphatic rings. The lowest BCUT2D eigenvalue weighted by molar-refractivity contribution is 0.0951. The smallest absolute Gasteiger partial charge is 0.251 e. The maximum absolute atomic E-state index is 12.0. The van der Waals surface area contributed by atoms with Crippen LogP contribution in [-0.4, -0.2) is 10.9 Å². The van der Waals surface area contributed by atoms with Crippen LogP contribution in [-0.2, 0) is 6.54 Å². The molecule has 0 bridgehead atoms. The predicted molar refractivity (Wildman–Crippen MR) is 76.0 cm³/mol. The van der Waals surface area contributed by atoms with Crippen molar-refractivity contribution in [3.63, 3.8) is 0 Å². The summed E-state index contributed by atoms with van der Waals surface area (Å²) in [6.45, 7) is 2.41. The molecule has 0 radical (unpaired) electrons. The Kier molecular flexibility index (Phi) is 4.02. The molecule has 1 heterocycles. The van der Waals surface area contributed by atoms with Gasteiger partial charge in [0.05, 0.1) is 10.7 Å². The summed E-state index contributed by atoms with van der Waals surface area (Å²) in [5.74, 6) is -0.182. The number of carbonyl (C=O) groups is 1. The van der Waals surface area contributed by atoms with Crippen LogP contribution in [0.1, 0.15) is 21.5 Å². The van der Waals surface area contributed by atoms with Gasteiger partial charge in [-0.25, -0.2) is 0 Å². The molecule has 1 aromatic heterocycles. The molecule has 98 valence electrons. The third kappa shape index (κ3) is 3.23. The van der Waals surface area contributed by atoms with E-state index in [9.17, 15) is 4.79 Å². The van der Waals surface area contributed by atoms with E-state index in [1.165, 1.54) is 0 Å². The Hall–Kier alpha value is -2.07. The zero-order valence-electron chi connectivity index (χ0n) is 10.5. The van der Waals surface area contributed by atoms with Gasteiger partial charge in [0.1, 0.15) is 0 Å². The number of pyridine rings is 1. The Morgan fingerprint density at radius 1 is 1.42 bits per heavy atom. The molecule has 0 unspecified atom stereocenters. The van der Waals surface area contributed by atoms with Crippen LogP contribution in [0.25, 0.3) is 0 Å². The predicted octanol–water partition coefficient (Wildman–Crippen LogP) is 2.56. The van der Waals surface area contributed by atoms with Crippen LogP contribution in [0.15, 0.2) is 36.7 Å². The van der Waals surface area contributed by atoms with Gasteiger partial charge in [0.15, 0.2) is 0 Å². The fraction of sp³-hybridized carbons (Fsp3) is 0.143. The number of nitrogen functional groups attached to an aromatic ring is 1. The van der Waals surface area contributed by atoms with Crippen molar-refractivity contribution >= 4 is 23.2 Å². The standard InChI is InChI=1S/C14H14ClN3O/c1-9-7-17-5-4-11(9)8-18-14(19)10-2-3-13(16)12(15)6-10/h2-7H,8,16H2,1H3,(H,18,19). The van der Waals surface area contributed by atoms with Crippen molar-refractivity contribution in [1.82, 2.24) is 10.3 Å². The largest absolute Gasteiger partial charge is 0.398 e. The van der Waals surface area contributed by atoms with Crippen LogP contribution in [0, 0.1) is 6.92 Å². The van der Waals surface area contributed by atoms with Gasteiger partial charge in [0.2, 0.25) is 0 Å². The third-order valence-corrected chi connectivity index (χ3v) is 3.17. The van der Waals surface area contributed by atoms with Gasteiger partial charge in [-0.3, -0.25) is 9.78 Å². The summed E-state index contributed by atoms with van der Waals surface area (Å²) < 4.78 is 0. The molecular formula is C14H14ClN3O. The quantitative estimate of drug-likeness (QED) is 0.846. The Morgan fingerprint density at radius 3 is 2.89 bits per heavy atom. The van der Waals surface area contributed by atoms with Gasteiger partial charge in [-0.15, -0.1) is 0 Å². The van der Waals surface area contributed by atoms with Crippen molar-refractivity contribution in [3.05, 3.63) is 58.4 Å². The van der Waals surface area contributed by atoms with E-state index in [4.69, 9.17) is 17.3 Å². The zero-order valence-corrected chi connectivity index (χ0v) is 11.2. The molecular weight excluding hydrogens is 262 g/mol. The minimum absolute atomic E-state index is 0.182. The highest BCUT2D eigenvalue weighted by molar-refractivity contribution is 6.33. The second kappa shape index (κ2) is 5.71. The van der Waals surface area contributed by atoms with E-state index in [2.05, 4.69) is 10.3 Å². The van der Waals surface area contributed by atoms with E-state index >= 15 is 0 Å². The van der Waals surface area contributed by atoms with E-state index in [-0.39, 0.29) is 5.91 Å². The van der Waals surface area contributed by atoms with Gasteiger partial charge < -0.3 is 11.1 Å². The van der Waals surface area contributed by atoms with E-state index in [1.54, 1.807) is 30.6 Å². The molecule has 2 aromatic rings. The molecule has 0 saturated carbocycles. The van der Waals surface area contributed by atoms with Crippen molar-refractivity contribution in [1.29, 1.82) is 0 Å². The number of nitrogens with zero attached hydrogens (tertiary/aromatic N) is 1. The minimum Gasteiger partial charge on any atom is -0.398 e. The molecule has 0 fully saturated rings. The molecule has 2 rings (SSSR count). The number of aryl methyl sites for hydroxylation is 1. The lowest BCUT2D eigenvalue weighted by atomic mass is 10.1. The topological polar surface area (TPSA) is 68.0 Å². The number of rotatable bonds is 3. The number of halogens is 1. The first-order chi connectivity index (χ1) is 9.08. The highest BCUT2D eigenvalue weighted by atomic mass is 35.5. The first-order valence-electron chi connectivity index (χ1n) is 5.80. The molecule has 3 N–H and O–H groups in total. The molecule has 0 atom stereocenters. The monoisotopic (exact) mass is 275 g/mol. The SMILES string of the molecule is Cc1cnccc1CNC(=O)c1ccc(N)c(Cl)c1. The Balaban J connectivity index is 2.05. The van der Waals surface area contributed by atoms with Gasteiger partial charge >= 0.3 is 0 Å². The zero-order chi connectivity index (χ0) is 13.8. The number of carbonyl (C=O) groups excluding carboxylic acids is 1. The highest BCUT2D eigenvalue weighted by Crippen LogP contribution is 2.19. The lowest BCUT2D eigenvalue weighted by Gasteiger charge is -2.08. The number of hydrogen-bond acceptors (Lipinski definition) is 3. The average Bonchev–Trinajstić information content (AvgIpc) is 2.40. The number of hydrogen-bond donors (Lipinski definition) is 2. The number of aromatic nitrogens is 1. The highest BCUT2D eigenvalue weighted by Gasteiger charge is 2.08. The molecule has 4 nitrogen and oxygen atoms in total. The molecule has 19 heavy (non-hydrogen) atoms. The average molecular weight is 276 g/mol. The van der Waals surface area contributed by atoms with E-state index in [0.717, 1.165) is 11.1 Å². The minimum atomic E-state index is -0.182. The number of anilines is 1. The summed E-state index contributed by atoms with van der Waals surface area (Å²) in [7, 11) is 0. The second-order valence-electron chi connectivity index (χ2n) is 4.22. The molecule has 1 amide bonds. The van der Waals surface area contributed by atoms with Crippen molar-refractivity contribution in [2.75, 3.05) is 5.73 Å². The van der Waals surface area contributed by atoms with E-state index in [0.29, 0.717) is 22.8 Å². The summed E-state index contributed by atoms with van der Waals surface area (Å²) in [6.07, 6.45) is 3.47. The molecule has 0 aliphatic carbocycles. The van der Waals surface area contributed by atoms with Crippen molar-refractivity contribution in [2.45, 2.75) is 13.5 Å². The summed E-state index contributed by atoms with van der Waals surface area (Å²) in [4.78, 5) is 16.0. The van der Waals surface area contributed by atoms with Crippen LogP contribution in [0.4, 0.5) is 5.69 Å². The van der Waals surface area contributed by atoms with Crippen LogP contribution in [0.5, 0.6) is 0 Å². The Labute approximate surface area is 116 Å². The summed E-state index contributed by atoms with van der Waals surface area (Å²) in [5.41, 5.74) is 8.63. The first kappa shape index (κ1) is 13.4. The molecule has 5 heteroatoms. The van der Waals surface area contributed by atoms with Crippen LogP contribution < -0.4 is 11.1 Å². The maximum atomic E-state index is 12.0. The van der Waals surface area contributed by atoms with Crippen LogP contribution in [0.3, 0.4) is 0 Å². The maximum Gasteiger partial charge on any atom is 0.251 e. The summed E-state index contributed by atoms with van der Waals surface area (Å²) >= 11 is 5.89. The summed E-state index contributed by atoms with van der Waals surface area (Å²) in [5, 5.41) is 3.22. The first-order valence-corrected chi connectivity index (χ1v) is 6.18. The molecule has 0 saturated heterocycles. The number of amides is 1. The molecule has 0 spiro atoms. The normalized spacial score (nSPS) is 10.2. The Bertz CT molecular complexity index is 613. The fourth-order valence-corrected chi connectivity index (χ4v) is 1.83. The number of nitrogens with two attached hydrogens (primary N) is 1. The number of benzene rings is 1. The molecule has 0 aliphatic heterocycles. The van der Waals surface area contributed by atoms with Gasteiger partial charge in [0.25, 0.3) is 5.91 Å². The van der Waals surface area contributed by atoms with Gasteiger partial charge in [-0.1, -0.05) is 11.6 Å².